The largest absolute Gasteiger partial charge is 0.493 e. The summed E-state index contributed by atoms with van der Waals surface area (Å²) in [5, 5.41) is 5.05. The molecule has 0 saturated carbocycles. The topological polar surface area (TPSA) is 98.8 Å². The summed E-state index contributed by atoms with van der Waals surface area (Å²) < 4.78 is 11.2. The Bertz CT molecular complexity index is 1050. The average molecular weight is 445 g/mol. The smallest absolute Gasteiger partial charge is 0.283 e. The first kappa shape index (κ1) is 21.6. The molecule has 2 aromatic carbocycles. The van der Waals surface area contributed by atoms with Gasteiger partial charge in [0.1, 0.15) is 11.5 Å². The van der Waals surface area contributed by atoms with E-state index in [1.807, 2.05) is 37.3 Å². The number of aryl methyl sites for hydroxylation is 1. The molecule has 1 aromatic heterocycles. The fourth-order valence-electron chi connectivity index (χ4n) is 2.63. The Morgan fingerprint density at radius 3 is 2.73 bits per heavy atom. The summed E-state index contributed by atoms with van der Waals surface area (Å²) in [6.45, 7) is 2.30. The third-order valence-corrected chi connectivity index (χ3v) is 5.31. The van der Waals surface area contributed by atoms with Gasteiger partial charge in [0.15, 0.2) is 16.6 Å². The summed E-state index contributed by atoms with van der Waals surface area (Å²) in [4.78, 5) is 16.9. The van der Waals surface area contributed by atoms with Crippen molar-refractivity contribution in [3.05, 3.63) is 69.2 Å². The van der Waals surface area contributed by atoms with Crippen LogP contribution in [0.2, 0.25) is 5.02 Å². The van der Waals surface area contributed by atoms with E-state index in [2.05, 4.69) is 15.5 Å². The second kappa shape index (κ2) is 10.1. The van der Waals surface area contributed by atoms with Gasteiger partial charge < -0.3 is 15.2 Å². The van der Waals surface area contributed by atoms with Gasteiger partial charge in [-0.2, -0.15) is 5.10 Å². The molecule has 0 aliphatic heterocycles. The molecule has 0 aliphatic carbocycles. The number of hydrazone groups is 1. The first-order valence-corrected chi connectivity index (χ1v) is 10.3. The number of nitrogens with zero attached hydrogens (tertiary/aromatic N) is 2. The van der Waals surface area contributed by atoms with E-state index in [9.17, 15) is 4.79 Å². The Kier molecular flexibility index (Phi) is 7.26. The number of thiazole rings is 1. The maximum Gasteiger partial charge on any atom is 0.283 e. The van der Waals surface area contributed by atoms with E-state index in [1.54, 1.807) is 19.2 Å². The van der Waals surface area contributed by atoms with Gasteiger partial charge in [0.05, 0.1) is 19.0 Å². The lowest BCUT2D eigenvalue weighted by atomic mass is 10.2. The number of benzene rings is 2. The molecule has 1 heterocycles. The number of anilines is 1. The zero-order valence-corrected chi connectivity index (χ0v) is 18.1. The van der Waals surface area contributed by atoms with Gasteiger partial charge in [0, 0.05) is 5.02 Å². The molecule has 0 bridgehead atoms. The lowest BCUT2D eigenvalue weighted by molar-refractivity contribution is 0.0958. The molecule has 0 aliphatic rings. The van der Waals surface area contributed by atoms with Crippen molar-refractivity contribution < 1.29 is 14.3 Å². The van der Waals surface area contributed by atoms with Crippen LogP contribution in [0.25, 0.3) is 0 Å². The minimum Gasteiger partial charge on any atom is -0.493 e. The number of ether oxygens (including phenoxy) is 2. The molecule has 3 N–H and O–H groups in total. The van der Waals surface area contributed by atoms with Crippen molar-refractivity contribution in [2.75, 3.05) is 12.8 Å². The average Bonchev–Trinajstić information content (AvgIpc) is 3.14. The van der Waals surface area contributed by atoms with E-state index in [1.165, 1.54) is 6.21 Å². The highest BCUT2D eigenvalue weighted by Gasteiger charge is 2.15. The van der Waals surface area contributed by atoms with Gasteiger partial charge in [-0.05, 0) is 47.9 Å². The molecule has 0 saturated heterocycles. The minimum atomic E-state index is -0.341. The number of methoxy groups -OCH3 is 1. The van der Waals surface area contributed by atoms with Crippen molar-refractivity contribution in [1.82, 2.24) is 10.4 Å². The molecule has 0 atom stereocenters. The van der Waals surface area contributed by atoms with Gasteiger partial charge in [-0.3, -0.25) is 4.79 Å². The van der Waals surface area contributed by atoms with Gasteiger partial charge in [-0.15, -0.1) is 0 Å². The van der Waals surface area contributed by atoms with Crippen LogP contribution in [0.1, 0.15) is 33.4 Å². The van der Waals surface area contributed by atoms with E-state index < -0.39 is 0 Å². The maximum atomic E-state index is 12.3. The van der Waals surface area contributed by atoms with Crippen LogP contribution in [0.5, 0.6) is 11.5 Å². The van der Waals surface area contributed by atoms with Gasteiger partial charge in [0.2, 0.25) is 0 Å². The number of aromatic nitrogens is 1. The second-order valence-corrected chi connectivity index (χ2v) is 7.67. The van der Waals surface area contributed by atoms with Crippen LogP contribution in [0, 0.1) is 0 Å². The van der Waals surface area contributed by atoms with Gasteiger partial charge in [-0.25, -0.2) is 10.4 Å². The third-order valence-electron chi connectivity index (χ3n) is 4.13. The molecule has 0 spiro atoms. The van der Waals surface area contributed by atoms with Crippen LogP contribution >= 0.6 is 22.9 Å². The van der Waals surface area contributed by atoms with Crippen LogP contribution < -0.4 is 20.6 Å². The molecule has 7 nitrogen and oxygen atoms in total. The minimum absolute atomic E-state index is 0.341. The molecule has 156 valence electrons. The maximum absolute atomic E-state index is 12.3. The number of nitrogens with one attached hydrogen (secondary N) is 1. The van der Waals surface area contributed by atoms with E-state index in [4.69, 9.17) is 26.8 Å². The number of carbonyl (C=O) groups excluding carboxylic acids is 1. The Balaban J connectivity index is 1.63. The molecular formula is C21H21ClN4O3S. The van der Waals surface area contributed by atoms with Gasteiger partial charge in [-0.1, -0.05) is 42.0 Å². The van der Waals surface area contributed by atoms with Crippen molar-refractivity contribution in [1.29, 1.82) is 0 Å². The lowest BCUT2D eigenvalue weighted by Crippen LogP contribution is -2.17. The zero-order valence-electron chi connectivity index (χ0n) is 16.5. The fraction of sp³-hybridized carbons (Fsp3) is 0.190. The lowest BCUT2D eigenvalue weighted by Gasteiger charge is -2.11. The standard InChI is InChI=1S/C21H21ClN4O3S/c1-3-16-19(30-21(23)25-16)20(27)26-24-11-14-6-9-17(18(10-14)28-2)29-12-13-4-7-15(22)8-5-13/h4-11H,3,12H2,1-2H3,(H2,23,25)(H,26,27)/b24-11-. The highest BCUT2D eigenvalue weighted by Crippen LogP contribution is 2.28. The molecule has 0 fully saturated rings. The van der Waals surface area contributed by atoms with E-state index in [-0.39, 0.29) is 5.91 Å². The summed E-state index contributed by atoms with van der Waals surface area (Å²) >= 11 is 7.04. The predicted octanol–water partition coefficient (Wildman–Crippen LogP) is 4.29. The number of nitrogen functional groups attached to an aromatic ring is 1. The molecule has 0 unspecified atom stereocenters. The monoisotopic (exact) mass is 444 g/mol. The Hall–Kier alpha value is -3.10. The highest BCUT2D eigenvalue weighted by molar-refractivity contribution is 7.17. The molecule has 1 amide bonds. The van der Waals surface area contributed by atoms with Gasteiger partial charge in [0.25, 0.3) is 5.91 Å². The van der Waals surface area contributed by atoms with Crippen LogP contribution in [-0.2, 0) is 13.0 Å². The number of hydrogen-bond acceptors (Lipinski definition) is 7. The molecule has 30 heavy (non-hydrogen) atoms. The number of hydrogen-bond donors (Lipinski definition) is 2. The Morgan fingerprint density at radius 1 is 1.27 bits per heavy atom. The quantitative estimate of drug-likeness (QED) is 0.398. The van der Waals surface area contributed by atoms with E-state index in [0.29, 0.717) is 45.3 Å². The van der Waals surface area contributed by atoms with Crippen molar-refractivity contribution in [2.24, 2.45) is 5.10 Å². The SMILES string of the molecule is CCc1nc(N)sc1C(=O)N/N=C\c1ccc(OCc2ccc(Cl)cc2)c(OC)c1. The van der Waals surface area contributed by atoms with Crippen molar-refractivity contribution in [2.45, 2.75) is 20.0 Å². The van der Waals surface area contributed by atoms with Crippen LogP contribution in [-0.4, -0.2) is 24.2 Å². The summed E-state index contributed by atoms with van der Waals surface area (Å²) in [5.74, 6) is 0.816. The number of nitrogens with two attached hydrogens (primary N) is 1. The summed E-state index contributed by atoms with van der Waals surface area (Å²) in [6, 6.07) is 12.8. The van der Waals surface area contributed by atoms with E-state index >= 15 is 0 Å². The summed E-state index contributed by atoms with van der Waals surface area (Å²) in [5.41, 5.74) is 10.6. The number of halogens is 1. The van der Waals surface area contributed by atoms with Crippen LogP contribution in [0.15, 0.2) is 47.6 Å². The second-order valence-electron chi connectivity index (χ2n) is 6.21. The van der Waals surface area contributed by atoms with Crippen molar-refractivity contribution >= 4 is 40.2 Å². The van der Waals surface area contributed by atoms with E-state index in [0.717, 1.165) is 22.5 Å². The molecule has 3 rings (SSSR count). The summed E-state index contributed by atoms with van der Waals surface area (Å²) in [6.07, 6.45) is 2.15. The van der Waals surface area contributed by atoms with Gasteiger partial charge >= 0.3 is 0 Å². The van der Waals surface area contributed by atoms with Crippen LogP contribution in [0.4, 0.5) is 5.13 Å². The number of rotatable bonds is 8. The highest BCUT2D eigenvalue weighted by atomic mass is 35.5. The van der Waals surface area contributed by atoms with Crippen molar-refractivity contribution in [3.8, 4) is 11.5 Å². The first-order chi connectivity index (χ1) is 14.5. The molecule has 3 aromatic rings. The molecular weight excluding hydrogens is 424 g/mol. The predicted molar refractivity (Wildman–Crippen MR) is 120 cm³/mol. The summed E-state index contributed by atoms with van der Waals surface area (Å²) in [7, 11) is 1.56. The Morgan fingerprint density at radius 2 is 2.03 bits per heavy atom. The first-order valence-electron chi connectivity index (χ1n) is 9.14. The Labute approximate surface area is 183 Å². The molecule has 9 heteroatoms. The number of carbonyl (C=O) groups is 1. The zero-order chi connectivity index (χ0) is 21.5. The number of amides is 1. The fourth-order valence-corrected chi connectivity index (χ4v) is 3.57. The third kappa shape index (κ3) is 5.49. The normalized spacial score (nSPS) is 10.9. The van der Waals surface area contributed by atoms with Crippen molar-refractivity contribution in [3.63, 3.8) is 0 Å². The van der Waals surface area contributed by atoms with Crippen LogP contribution in [0.3, 0.4) is 0 Å². The molecule has 0 radical (unpaired) electrons.